The minimum absolute atomic E-state index is 0.111. The lowest BCUT2D eigenvalue weighted by Crippen LogP contribution is -2.16. The lowest BCUT2D eigenvalue weighted by Gasteiger charge is -2.13. The molecule has 1 amide bonds. The molecule has 0 atom stereocenters. The van der Waals surface area contributed by atoms with Crippen LogP contribution in [0.25, 0.3) is 5.95 Å². The Bertz CT molecular complexity index is 967. The van der Waals surface area contributed by atoms with Gasteiger partial charge in [-0.05, 0) is 30.7 Å². The van der Waals surface area contributed by atoms with Crippen LogP contribution in [0.2, 0.25) is 0 Å². The van der Waals surface area contributed by atoms with E-state index in [9.17, 15) is 4.79 Å². The van der Waals surface area contributed by atoms with Crippen LogP contribution in [-0.4, -0.2) is 32.3 Å². The third-order valence-corrected chi connectivity index (χ3v) is 4.59. The fraction of sp³-hybridized carbons (Fsp3) is 0.333. The molecule has 1 aromatic carbocycles. The molecule has 3 aromatic rings. The fourth-order valence-corrected chi connectivity index (χ4v) is 2.95. The number of carbonyl (C=O) groups is 1. The molecule has 2 heterocycles. The molecule has 7 nitrogen and oxygen atoms in total. The summed E-state index contributed by atoms with van der Waals surface area (Å²) in [5.74, 6) is 1.63. The number of anilines is 1. The molecule has 0 unspecified atom stereocenters. The standard InChI is InChI=1S/C21H24BrN5O2/c1-21(2,3)17-14-18(27(26-17)20-23-10-6-11-24-20)25-19(28)9-5-12-29-16-8-4-7-15(22)13-16/h4,6-8,10-11,13-14H,5,9,12H2,1-3H3,(H,25,28). The van der Waals surface area contributed by atoms with Crippen LogP contribution in [0, 0.1) is 0 Å². The van der Waals surface area contributed by atoms with Crippen LogP contribution in [0.4, 0.5) is 5.82 Å². The molecule has 0 spiro atoms. The van der Waals surface area contributed by atoms with Gasteiger partial charge in [-0.1, -0.05) is 42.8 Å². The number of nitrogens with zero attached hydrogens (tertiary/aromatic N) is 4. The summed E-state index contributed by atoms with van der Waals surface area (Å²) in [7, 11) is 0. The van der Waals surface area contributed by atoms with E-state index in [1.165, 1.54) is 0 Å². The van der Waals surface area contributed by atoms with E-state index >= 15 is 0 Å². The second-order valence-corrected chi connectivity index (χ2v) is 8.50. The molecule has 152 valence electrons. The number of rotatable bonds is 7. The van der Waals surface area contributed by atoms with Gasteiger partial charge in [-0.15, -0.1) is 0 Å². The molecule has 0 radical (unpaired) electrons. The number of ether oxygens (including phenoxy) is 1. The van der Waals surface area contributed by atoms with Gasteiger partial charge >= 0.3 is 0 Å². The lowest BCUT2D eigenvalue weighted by atomic mass is 9.92. The van der Waals surface area contributed by atoms with Crippen LogP contribution >= 0.6 is 15.9 Å². The number of hydrogen-bond acceptors (Lipinski definition) is 5. The topological polar surface area (TPSA) is 81.9 Å². The second-order valence-electron chi connectivity index (χ2n) is 7.58. The average molecular weight is 458 g/mol. The maximum Gasteiger partial charge on any atom is 0.252 e. The van der Waals surface area contributed by atoms with E-state index in [0.717, 1.165) is 15.9 Å². The Morgan fingerprint density at radius 3 is 2.62 bits per heavy atom. The molecular weight excluding hydrogens is 434 g/mol. The van der Waals surface area contributed by atoms with Crippen LogP contribution in [0.3, 0.4) is 0 Å². The summed E-state index contributed by atoms with van der Waals surface area (Å²) < 4.78 is 8.20. The largest absolute Gasteiger partial charge is 0.494 e. The van der Waals surface area contributed by atoms with Gasteiger partial charge < -0.3 is 10.1 Å². The van der Waals surface area contributed by atoms with Crippen molar-refractivity contribution in [2.45, 2.75) is 39.0 Å². The van der Waals surface area contributed by atoms with Crippen LogP contribution in [-0.2, 0) is 10.2 Å². The third kappa shape index (κ3) is 5.87. The Kier molecular flexibility index (Phi) is 6.64. The monoisotopic (exact) mass is 457 g/mol. The molecule has 29 heavy (non-hydrogen) atoms. The Morgan fingerprint density at radius 2 is 1.93 bits per heavy atom. The first-order valence-electron chi connectivity index (χ1n) is 9.39. The van der Waals surface area contributed by atoms with Gasteiger partial charge in [-0.2, -0.15) is 9.78 Å². The minimum atomic E-state index is -0.169. The highest BCUT2D eigenvalue weighted by atomic mass is 79.9. The summed E-state index contributed by atoms with van der Waals surface area (Å²) in [5, 5.41) is 7.52. The molecule has 3 rings (SSSR count). The Labute approximate surface area is 178 Å². The number of amides is 1. The Hall–Kier alpha value is -2.74. The molecule has 2 aromatic heterocycles. The highest BCUT2D eigenvalue weighted by molar-refractivity contribution is 9.10. The second kappa shape index (κ2) is 9.17. The summed E-state index contributed by atoms with van der Waals surface area (Å²) in [6, 6.07) is 11.2. The fourth-order valence-electron chi connectivity index (χ4n) is 2.57. The van der Waals surface area contributed by atoms with Crippen molar-refractivity contribution in [3.63, 3.8) is 0 Å². The van der Waals surface area contributed by atoms with Crippen LogP contribution in [0.5, 0.6) is 5.75 Å². The van der Waals surface area contributed by atoms with Gasteiger partial charge in [0.2, 0.25) is 5.91 Å². The Morgan fingerprint density at radius 1 is 1.17 bits per heavy atom. The van der Waals surface area contributed by atoms with Gasteiger partial charge in [0.25, 0.3) is 5.95 Å². The predicted octanol–water partition coefficient (Wildman–Crippen LogP) is 4.52. The minimum Gasteiger partial charge on any atom is -0.494 e. The SMILES string of the molecule is CC(C)(C)c1cc(NC(=O)CCCOc2cccc(Br)c2)n(-c2ncccn2)n1. The third-order valence-electron chi connectivity index (χ3n) is 4.10. The number of benzene rings is 1. The number of aromatic nitrogens is 4. The highest BCUT2D eigenvalue weighted by Gasteiger charge is 2.22. The maximum atomic E-state index is 12.5. The summed E-state index contributed by atoms with van der Waals surface area (Å²) in [6.45, 7) is 6.65. The van der Waals surface area contributed by atoms with Gasteiger partial charge in [0.15, 0.2) is 0 Å². The van der Waals surface area contributed by atoms with Crippen molar-refractivity contribution < 1.29 is 9.53 Å². The van der Waals surface area contributed by atoms with E-state index in [0.29, 0.717) is 31.2 Å². The van der Waals surface area contributed by atoms with E-state index < -0.39 is 0 Å². The highest BCUT2D eigenvalue weighted by Crippen LogP contribution is 2.25. The van der Waals surface area contributed by atoms with Gasteiger partial charge in [-0.3, -0.25) is 4.79 Å². The maximum absolute atomic E-state index is 12.5. The quantitative estimate of drug-likeness (QED) is 0.527. The molecular formula is C21H24BrN5O2. The van der Waals surface area contributed by atoms with Crippen LogP contribution < -0.4 is 10.1 Å². The van der Waals surface area contributed by atoms with Crippen molar-refractivity contribution in [3.05, 3.63) is 59.0 Å². The van der Waals surface area contributed by atoms with E-state index in [2.05, 4.69) is 57.1 Å². The molecule has 0 bridgehead atoms. The molecule has 8 heteroatoms. The Balaban J connectivity index is 1.62. The predicted molar refractivity (Wildman–Crippen MR) is 115 cm³/mol. The van der Waals surface area contributed by atoms with E-state index in [1.54, 1.807) is 23.1 Å². The van der Waals surface area contributed by atoms with Crippen LogP contribution in [0.15, 0.2) is 53.3 Å². The van der Waals surface area contributed by atoms with E-state index in [-0.39, 0.29) is 11.3 Å². The summed E-state index contributed by atoms with van der Waals surface area (Å²) in [4.78, 5) is 20.9. The first kappa shape index (κ1) is 21.0. The van der Waals surface area contributed by atoms with Crippen molar-refractivity contribution in [3.8, 4) is 11.7 Å². The molecule has 0 aliphatic rings. The molecule has 0 saturated carbocycles. The zero-order chi connectivity index (χ0) is 20.9. The summed E-state index contributed by atoms with van der Waals surface area (Å²) >= 11 is 3.41. The van der Waals surface area contributed by atoms with Crippen molar-refractivity contribution in [1.29, 1.82) is 0 Å². The zero-order valence-electron chi connectivity index (χ0n) is 16.7. The van der Waals surface area contributed by atoms with Crippen molar-refractivity contribution in [2.24, 2.45) is 0 Å². The first-order valence-corrected chi connectivity index (χ1v) is 10.2. The van der Waals surface area contributed by atoms with Gasteiger partial charge in [0.05, 0.1) is 12.3 Å². The summed E-state index contributed by atoms with van der Waals surface area (Å²) in [5.41, 5.74) is 0.676. The first-order chi connectivity index (χ1) is 13.8. The van der Waals surface area contributed by atoms with Crippen molar-refractivity contribution >= 4 is 27.7 Å². The molecule has 0 aliphatic carbocycles. The number of carbonyl (C=O) groups excluding carboxylic acids is 1. The number of nitrogens with one attached hydrogen (secondary N) is 1. The zero-order valence-corrected chi connectivity index (χ0v) is 18.3. The molecule has 0 fully saturated rings. The van der Waals surface area contributed by atoms with Crippen molar-refractivity contribution in [2.75, 3.05) is 11.9 Å². The van der Waals surface area contributed by atoms with E-state index in [1.807, 2.05) is 30.3 Å². The van der Waals surface area contributed by atoms with E-state index in [4.69, 9.17) is 4.74 Å². The van der Waals surface area contributed by atoms with Gasteiger partial charge in [-0.25, -0.2) is 9.97 Å². The normalized spacial score (nSPS) is 11.3. The van der Waals surface area contributed by atoms with Gasteiger partial charge in [0.1, 0.15) is 11.6 Å². The number of halogens is 1. The average Bonchev–Trinajstić information content (AvgIpc) is 3.10. The lowest BCUT2D eigenvalue weighted by molar-refractivity contribution is -0.116. The number of hydrogen-bond donors (Lipinski definition) is 1. The smallest absolute Gasteiger partial charge is 0.252 e. The molecule has 1 N–H and O–H groups in total. The van der Waals surface area contributed by atoms with Crippen LogP contribution in [0.1, 0.15) is 39.3 Å². The molecule has 0 saturated heterocycles. The summed E-state index contributed by atoms with van der Waals surface area (Å²) in [6.07, 6.45) is 4.22. The van der Waals surface area contributed by atoms with Gasteiger partial charge in [0, 0.05) is 34.8 Å². The van der Waals surface area contributed by atoms with Crippen molar-refractivity contribution in [1.82, 2.24) is 19.7 Å². The molecule has 0 aliphatic heterocycles.